The van der Waals surface area contributed by atoms with Crippen LogP contribution in [0.5, 0.6) is 5.75 Å². The first-order valence-corrected chi connectivity index (χ1v) is 9.45. The van der Waals surface area contributed by atoms with Crippen LogP contribution in [0, 0.1) is 11.3 Å². The molecule has 0 saturated carbocycles. The van der Waals surface area contributed by atoms with Gasteiger partial charge in [-0.1, -0.05) is 6.07 Å². The predicted octanol–water partition coefficient (Wildman–Crippen LogP) is 1.54. The van der Waals surface area contributed by atoms with Crippen molar-refractivity contribution in [1.29, 1.82) is 5.26 Å². The number of hydrogen-bond acceptors (Lipinski definition) is 6. The fraction of sp³-hybridized carbons (Fsp3) is 0.450. The van der Waals surface area contributed by atoms with Gasteiger partial charge < -0.3 is 20.2 Å². The number of likely N-dealkylation sites (tertiary alicyclic amines) is 2. The van der Waals surface area contributed by atoms with Gasteiger partial charge in [0.15, 0.2) is 0 Å². The van der Waals surface area contributed by atoms with Gasteiger partial charge in [-0.3, -0.25) is 14.5 Å². The highest BCUT2D eigenvalue weighted by Gasteiger charge is 2.35. The Bertz CT molecular complexity index is 976. The molecule has 1 aromatic carbocycles. The maximum atomic E-state index is 12.6. The minimum Gasteiger partial charge on any atom is -0.507 e. The second-order valence-electron chi connectivity index (χ2n) is 7.45. The van der Waals surface area contributed by atoms with Gasteiger partial charge in [-0.05, 0) is 37.9 Å². The first kappa shape index (κ1) is 18.3. The topological polar surface area (TPSA) is 124 Å². The lowest BCUT2D eigenvalue weighted by molar-refractivity contribution is -0.132. The minimum absolute atomic E-state index is 0.0390. The number of rotatable bonds is 4. The van der Waals surface area contributed by atoms with Crippen LogP contribution in [0.3, 0.4) is 0 Å². The smallest absolute Gasteiger partial charge is 0.253 e. The molecule has 2 aromatic rings. The number of nitrogens with two attached hydrogens (primary N) is 1. The Morgan fingerprint density at radius 1 is 1.32 bits per heavy atom. The number of phenolic OH excluding ortho intramolecular Hbond substituents is 1. The largest absolute Gasteiger partial charge is 0.507 e. The van der Waals surface area contributed by atoms with Crippen molar-refractivity contribution in [2.24, 2.45) is 5.73 Å². The fourth-order valence-corrected chi connectivity index (χ4v) is 4.35. The summed E-state index contributed by atoms with van der Waals surface area (Å²) < 4.78 is 5.89. The molecule has 28 heavy (non-hydrogen) atoms. The van der Waals surface area contributed by atoms with E-state index in [1.165, 1.54) is 6.07 Å². The molecule has 8 heteroatoms. The van der Waals surface area contributed by atoms with Gasteiger partial charge in [0.1, 0.15) is 23.1 Å². The van der Waals surface area contributed by atoms with Crippen molar-refractivity contribution in [3.8, 4) is 11.8 Å². The SMILES string of the molecule is N#CC1CCCN1C(=O)CN1CCC(c2oc3cccc(O)c3c2C(N)=O)C1. The molecule has 0 radical (unpaired) electrons. The van der Waals surface area contributed by atoms with Crippen LogP contribution in [-0.4, -0.2) is 58.9 Å². The lowest BCUT2D eigenvalue weighted by Gasteiger charge is -2.23. The summed E-state index contributed by atoms with van der Waals surface area (Å²) in [6.45, 7) is 2.11. The van der Waals surface area contributed by atoms with Crippen LogP contribution in [0.2, 0.25) is 0 Å². The molecule has 0 bridgehead atoms. The number of hydrogen-bond donors (Lipinski definition) is 2. The van der Waals surface area contributed by atoms with Gasteiger partial charge in [0, 0.05) is 19.0 Å². The summed E-state index contributed by atoms with van der Waals surface area (Å²) in [5.41, 5.74) is 6.22. The van der Waals surface area contributed by atoms with Gasteiger partial charge in [-0.15, -0.1) is 0 Å². The molecular weight excluding hydrogens is 360 g/mol. The van der Waals surface area contributed by atoms with E-state index in [4.69, 9.17) is 10.2 Å². The zero-order valence-corrected chi connectivity index (χ0v) is 15.4. The molecule has 2 amide bonds. The van der Waals surface area contributed by atoms with Crippen molar-refractivity contribution in [3.05, 3.63) is 29.5 Å². The third-order valence-electron chi connectivity index (χ3n) is 5.69. The maximum Gasteiger partial charge on any atom is 0.253 e. The van der Waals surface area contributed by atoms with Crippen molar-refractivity contribution in [2.75, 3.05) is 26.2 Å². The van der Waals surface area contributed by atoms with E-state index in [2.05, 4.69) is 6.07 Å². The number of phenols is 1. The van der Waals surface area contributed by atoms with Crippen LogP contribution >= 0.6 is 0 Å². The standard InChI is InChI=1S/C20H22N4O4/c21-9-13-3-2-7-24(13)16(26)11-23-8-6-12(10-23)19-18(20(22)27)17-14(25)4-1-5-15(17)28-19/h1,4-5,12-13,25H,2-3,6-8,10-11H2,(H2,22,27). The zero-order valence-electron chi connectivity index (χ0n) is 15.4. The van der Waals surface area contributed by atoms with Crippen molar-refractivity contribution in [2.45, 2.75) is 31.2 Å². The molecule has 0 aliphatic carbocycles. The molecule has 1 aromatic heterocycles. The average Bonchev–Trinajstić information content (AvgIpc) is 3.39. The number of primary amides is 1. The summed E-state index contributed by atoms with van der Waals surface area (Å²) in [7, 11) is 0. The van der Waals surface area contributed by atoms with E-state index in [0.29, 0.717) is 36.4 Å². The zero-order chi connectivity index (χ0) is 19.8. The number of aromatic hydroxyl groups is 1. The van der Waals surface area contributed by atoms with Crippen molar-refractivity contribution < 1.29 is 19.1 Å². The highest BCUT2D eigenvalue weighted by molar-refractivity contribution is 6.08. The highest BCUT2D eigenvalue weighted by Crippen LogP contribution is 2.39. The van der Waals surface area contributed by atoms with Crippen LogP contribution in [0.4, 0.5) is 0 Å². The molecule has 3 N–H and O–H groups in total. The molecule has 2 atom stereocenters. The number of benzene rings is 1. The van der Waals surface area contributed by atoms with Crippen molar-refractivity contribution >= 4 is 22.8 Å². The minimum atomic E-state index is -0.640. The number of carbonyl (C=O) groups is 2. The molecule has 8 nitrogen and oxygen atoms in total. The predicted molar refractivity (Wildman–Crippen MR) is 101 cm³/mol. The van der Waals surface area contributed by atoms with E-state index in [0.717, 1.165) is 19.3 Å². The molecule has 3 heterocycles. The lowest BCUT2D eigenvalue weighted by atomic mass is 9.99. The number of carbonyl (C=O) groups excluding carboxylic acids is 2. The summed E-state index contributed by atoms with van der Waals surface area (Å²) in [5, 5.41) is 19.7. The Labute approximate surface area is 162 Å². The Kier molecular flexibility index (Phi) is 4.69. The normalized spacial score (nSPS) is 22.6. The van der Waals surface area contributed by atoms with Gasteiger partial charge in [0.25, 0.3) is 5.91 Å². The van der Waals surface area contributed by atoms with Crippen LogP contribution in [0.15, 0.2) is 22.6 Å². The van der Waals surface area contributed by atoms with Crippen LogP contribution in [0.25, 0.3) is 11.0 Å². The Balaban J connectivity index is 1.53. The average molecular weight is 382 g/mol. The number of nitriles is 1. The van der Waals surface area contributed by atoms with E-state index < -0.39 is 5.91 Å². The molecule has 0 spiro atoms. The van der Waals surface area contributed by atoms with Crippen LogP contribution in [-0.2, 0) is 4.79 Å². The first-order valence-electron chi connectivity index (χ1n) is 9.45. The van der Waals surface area contributed by atoms with E-state index in [-0.39, 0.29) is 35.7 Å². The summed E-state index contributed by atoms with van der Waals surface area (Å²) in [5.74, 6) is -0.342. The Hall–Kier alpha value is -3.05. The highest BCUT2D eigenvalue weighted by atomic mass is 16.3. The second kappa shape index (κ2) is 7.17. The number of fused-ring (bicyclic) bond motifs is 1. The molecule has 146 valence electrons. The van der Waals surface area contributed by atoms with E-state index in [1.54, 1.807) is 17.0 Å². The summed E-state index contributed by atoms with van der Waals surface area (Å²) in [4.78, 5) is 28.3. The lowest BCUT2D eigenvalue weighted by Crippen LogP contribution is -2.41. The maximum absolute atomic E-state index is 12.6. The molecule has 2 unspecified atom stereocenters. The van der Waals surface area contributed by atoms with Gasteiger partial charge in [-0.2, -0.15) is 5.26 Å². The molecule has 2 aliphatic heterocycles. The van der Waals surface area contributed by atoms with Gasteiger partial charge in [0.05, 0.1) is 23.6 Å². The number of furan rings is 1. The summed E-state index contributed by atoms with van der Waals surface area (Å²) in [6.07, 6.45) is 2.31. The molecule has 4 rings (SSSR count). The monoisotopic (exact) mass is 382 g/mol. The number of nitrogens with zero attached hydrogens (tertiary/aromatic N) is 3. The molecule has 2 aliphatic rings. The van der Waals surface area contributed by atoms with E-state index >= 15 is 0 Å². The fourth-order valence-electron chi connectivity index (χ4n) is 4.35. The van der Waals surface area contributed by atoms with Crippen molar-refractivity contribution in [3.63, 3.8) is 0 Å². The van der Waals surface area contributed by atoms with Crippen molar-refractivity contribution in [1.82, 2.24) is 9.80 Å². The molecule has 2 fully saturated rings. The quantitative estimate of drug-likeness (QED) is 0.827. The third kappa shape index (κ3) is 3.08. The molecule has 2 saturated heterocycles. The van der Waals surface area contributed by atoms with Gasteiger partial charge in [0.2, 0.25) is 5.91 Å². The Morgan fingerprint density at radius 2 is 2.14 bits per heavy atom. The van der Waals surface area contributed by atoms with Gasteiger partial charge >= 0.3 is 0 Å². The van der Waals surface area contributed by atoms with Gasteiger partial charge in [-0.25, -0.2) is 0 Å². The summed E-state index contributed by atoms with van der Waals surface area (Å²) in [6, 6.07) is 6.70. The first-order chi connectivity index (χ1) is 13.5. The van der Waals surface area contributed by atoms with Crippen LogP contribution < -0.4 is 5.73 Å². The molecular formula is C20H22N4O4. The van der Waals surface area contributed by atoms with E-state index in [9.17, 15) is 20.0 Å². The number of amides is 2. The van der Waals surface area contributed by atoms with Crippen LogP contribution in [0.1, 0.15) is 41.3 Å². The summed E-state index contributed by atoms with van der Waals surface area (Å²) >= 11 is 0. The van der Waals surface area contributed by atoms with E-state index in [1.807, 2.05) is 4.90 Å². The second-order valence-corrected chi connectivity index (χ2v) is 7.45. The Morgan fingerprint density at radius 3 is 2.89 bits per heavy atom. The third-order valence-corrected chi connectivity index (χ3v) is 5.69.